The van der Waals surface area contributed by atoms with Crippen molar-refractivity contribution in [2.75, 3.05) is 6.54 Å². The largest absolute Gasteiger partial charge is 0.332 e. The van der Waals surface area contributed by atoms with Crippen molar-refractivity contribution in [3.8, 4) is 11.8 Å². The van der Waals surface area contributed by atoms with Crippen LogP contribution in [0.4, 0.5) is 4.79 Å². The number of benzene rings is 2. The van der Waals surface area contributed by atoms with Crippen LogP contribution < -0.4 is 10.6 Å². The Kier molecular flexibility index (Phi) is 5.88. The standard InChI is InChI=1S/C18H17ClN2O/c1-14(16-9-11-17(19)12-10-16)21-18(22)20-13-5-8-15-6-3-2-4-7-15/h2-4,6-7,9-12,14H,13H2,1H3,(H2,20,21,22). The first-order chi connectivity index (χ1) is 10.6. The third-order valence-corrected chi connectivity index (χ3v) is 3.31. The fourth-order valence-electron chi connectivity index (χ4n) is 1.87. The van der Waals surface area contributed by atoms with E-state index in [1.54, 1.807) is 12.1 Å². The van der Waals surface area contributed by atoms with Gasteiger partial charge in [-0.1, -0.05) is 53.8 Å². The van der Waals surface area contributed by atoms with Crippen LogP contribution in [0.3, 0.4) is 0 Å². The minimum Gasteiger partial charge on any atom is -0.332 e. The van der Waals surface area contributed by atoms with Gasteiger partial charge in [-0.3, -0.25) is 0 Å². The van der Waals surface area contributed by atoms with E-state index in [0.29, 0.717) is 11.6 Å². The summed E-state index contributed by atoms with van der Waals surface area (Å²) in [5.74, 6) is 5.90. The zero-order valence-electron chi connectivity index (χ0n) is 12.3. The van der Waals surface area contributed by atoms with Crippen molar-refractivity contribution in [2.24, 2.45) is 0 Å². The highest BCUT2D eigenvalue weighted by Crippen LogP contribution is 2.15. The van der Waals surface area contributed by atoms with Crippen molar-refractivity contribution in [2.45, 2.75) is 13.0 Å². The van der Waals surface area contributed by atoms with Crippen LogP contribution in [0.1, 0.15) is 24.1 Å². The molecule has 3 nitrogen and oxygen atoms in total. The van der Waals surface area contributed by atoms with Gasteiger partial charge in [-0.05, 0) is 36.8 Å². The van der Waals surface area contributed by atoms with Gasteiger partial charge in [0.25, 0.3) is 0 Å². The van der Waals surface area contributed by atoms with E-state index in [0.717, 1.165) is 11.1 Å². The SMILES string of the molecule is CC(NC(=O)NCC#Cc1ccccc1)c1ccc(Cl)cc1. The molecule has 4 heteroatoms. The van der Waals surface area contributed by atoms with Crippen LogP contribution in [0, 0.1) is 11.8 Å². The lowest BCUT2D eigenvalue weighted by Crippen LogP contribution is -2.37. The number of rotatable bonds is 3. The zero-order chi connectivity index (χ0) is 15.8. The summed E-state index contributed by atoms with van der Waals surface area (Å²) in [7, 11) is 0. The fourth-order valence-corrected chi connectivity index (χ4v) is 2.00. The van der Waals surface area contributed by atoms with Crippen molar-refractivity contribution in [1.82, 2.24) is 10.6 Å². The molecule has 0 aromatic heterocycles. The monoisotopic (exact) mass is 312 g/mol. The number of carbonyl (C=O) groups excluding carboxylic acids is 1. The first kappa shape index (κ1) is 15.9. The molecule has 1 atom stereocenters. The molecule has 2 aromatic rings. The Labute approximate surface area is 135 Å². The van der Waals surface area contributed by atoms with Crippen molar-refractivity contribution >= 4 is 17.6 Å². The van der Waals surface area contributed by atoms with Crippen LogP contribution in [-0.4, -0.2) is 12.6 Å². The lowest BCUT2D eigenvalue weighted by molar-refractivity contribution is 0.239. The molecule has 0 aliphatic carbocycles. The third kappa shape index (κ3) is 5.16. The second-order valence-corrected chi connectivity index (χ2v) is 5.20. The Balaban J connectivity index is 1.78. The van der Waals surface area contributed by atoms with Crippen LogP contribution in [0.15, 0.2) is 54.6 Å². The van der Waals surface area contributed by atoms with E-state index < -0.39 is 0 Å². The molecule has 2 rings (SSSR count). The summed E-state index contributed by atoms with van der Waals surface area (Å²) in [6.07, 6.45) is 0. The Morgan fingerprint density at radius 1 is 1.14 bits per heavy atom. The Morgan fingerprint density at radius 2 is 1.82 bits per heavy atom. The van der Waals surface area contributed by atoms with Gasteiger partial charge in [0.15, 0.2) is 0 Å². The number of amides is 2. The number of halogens is 1. The predicted molar refractivity (Wildman–Crippen MR) is 89.7 cm³/mol. The summed E-state index contributed by atoms with van der Waals surface area (Å²) in [6, 6.07) is 16.7. The van der Waals surface area contributed by atoms with Gasteiger partial charge in [-0.15, -0.1) is 0 Å². The van der Waals surface area contributed by atoms with Gasteiger partial charge in [0.05, 0.1) is 12.6 Å². The normalized spacial score (nSPS) is 11.0. The third-order valence-electron chi connectivity index (χ3n) is 3.06. The molecule has 22 heavy (non-hydrogen) atoms. The molecule has 0 spiro atoms. The molecule has 1 unspecified atom stereocenters. The van der Waals surface area contributed by atoms with Gasteiger partial charge in [0.2, 0.25) is 0 Å². The molecule has 2 aromatic carbocycles. The van der Waals surface area contributed by atoms with E-state index in [9.17, 15) is 4.79 Å². The van der Waals surface area contributed by atoms with Crippen LogP contribution in [0.25, 0.3) is 0 Å². The van der Waals surface area contributed by atoms with E-state index >= 15 is 0 Å². The molecule has 0 heterocycles. The molecular weight excluding hydrogens is 296 g/mol. The minimum absolute atomic E-state index is 0.0978. The maximum Gasteiger partial charge on any atom is 0.316 e. The molecule has 0 aliphatic rings. The van der Waals surface area contributed by atoms with E-state index in [-0.39, 0.29) is 12.1 Å². The second kappa shape index (κ2) is 8.11. The highest BCUT2D eigenvalue weighted by Gasteiger charge is 2.08. The van der Waals surface area contributed by atoms with E-state index in [2.05, 4.69) is 22.5 Å². The predicted octanol–water partition coefficient (Wildman–Crippen LogP) is 3.75. The summed E-state index contributed by atoms with van der Waals surface area (Å²) < 4.78 is 0. The van der Waals surface area contributed by atoms with Gasteiger partial charge in [0, 0.05) is 10.6 Å². The lowest BCUT2D eigenvalue weighted by atomic mass is 10.1. The minimum atomic E-state index is -0.246. The molecule has 0 radical (unpaired) electrons. The number of hydrogen-bond acceptors (Lipinski definition) is 1. The average molecular weight is 313 g/mol. The van der Waals surface area contributed by atoms with Gasteiger partial charge >= 0.3 is 6.03 Å². The Morgan fingerprint density at radius 3 is 2.50 bits per heavy atom. The number of urea groups is 1. The van der Waals surface area contributed by atoms with Gasteiger partial charge in [-0.2, -0.15) is 0 Å². The highest BCUT2D eigenvalue weighted by molar-refractivity contribution is 6.30. The van der Waals surface area contributed by atoms with Crippen LogP contribution in [-0.2, 0) is 0 Å². The van der Waals surface area contributed by atoms with E-state index in [1.807, 2.05) is 49.4 Å². The van der Waals surface area contributed by atoms with Gasteiger partial charge in [0.1, 0.15) is 0 Å². The summed E-state index contributed by atoms with van der Waals surface area (Å²) in [5.41, 5.74) is 1.93. The average Bonchev–Trinajstić information content (AvgIpc) is 2.53. The van der Waals surface area contributed by atoms with Crippen molar-refractivity contribution in [1.29, 1.82) is 0 Å². The van der Waals surface area contributed by atoms with Crippen molar-refractivity contribution in [3.63, 3.8) is 0 Å². The smallest absolute Gasteiger partial charge is 0.316 e. The van der Waals surface area contributed by atoms with E-state index in [1.165, 1.54) is 0 Å². The molecule has 0 bridgehead atoms. The van der Waals surface area contributed by atoms with Crippen molar-refractivity contribution in [3.05, 3.63) is 70.7 Å². The number of carbonyl (C=O) groups is 1. The maximum absolute atomic E-state index is 11.8. The summed E-state index contributed by atoms with van der Waals surface area (Å²) >= 11 is 5.84. The highest BCUT2D eigenvalue weighted by atomic mass is 35.5. The maximum atomic E-state index is 11.8. The topological polar surface area (TPSA) is 41.1 Å². The van der Waals surface area contributed by atoms with Gasteiger partial charge < -0.3 is 10.6 Å². The molecular formula is C18H17ClN2O. The van der Waals surface area contributed by atoms with Crippen molar-refractivity contribution < 1.29 is 4.79 Å². The molecule has 0 fully saturated rings. The molecule has 2 amide bonds. The molecule has 112 valence electrons. The number of nitrogens with one attached hydrogen (secondary N) is 2. The lowest BCUT2D eigenvalue weighted by Gasteiger charge is -2.14. The van der Waals surface area contributed by atoms with E-state index in [4.69, 9.17) is 11.6 Å². The van der Waals surface area contributed by atoms with Crippen LogP contribution in [0.5, 0.6) is 0 Å². The summed E-state index contributed by atoms with van der Waals surface area (Å²) in [5, 5.41) is 6.25. The molecule has 0 saturated carbocycles. The molecule has 0 aliphatic heterocycles. The number of hydrogen-bond donors (Lipinski definition) is 2. The van der Waals surface area contributed by atoms with Gasteiger partial charge in [-0.25, -0.2) is 4.79 Å². The Bertz CT molecular complexity index is 672. The summed E-state index contributed by atoms with van der Waals surface area (Å²) in [4.78, 5) is 11.8. The fraction of sp³-hybridized carbons (Fsp3) is 0.167. The molecule has 2 N–H and O–H groups in total. The van der Waals surface area contributed by atoms with Crippen LogP contribution >= 0.6 is 11.6 Å². The second-order valence-electron chi connectivity index (χ2n) is 4.77. The zero-order valence-corrected chi connectivity index (χ0v) is 13.0. The Hall–Kier alpha value is -2.44. The first-order valence-corrected chi connectivity index (χ1v) is 7.36. The summed E-state index contributed by atoms with van der Waals surface area (Å²) in [6.45, 7) is 2.21. The quantitative estimate of drug-likeness (QED) is 0.833. The first-order valence-electron chi connectivity index (χ1n) is 6.99. The molecule has 0 saturated heterocycles. The van der Waals surface area contributed by atoms with Crippen LogP contribution in [0.2, 0.25) is 5.02 Å².